The molecule has 3 nitrogen and oxygen atoms in total. The highest BCUT2D eigenvalue weighted by Crippen LogP contribution is 2.43. The second-order valence-electron chi connectivity index (χ2n) is 13.3. The van der Waals surface area contributed by atoms with E-state index in [2.05, 4.69) is 205 Å². The third kappa shape index (κ3) is 4.73. The van der Waals surface area contributed by atoms with E-state index in [4.69, 9.17) is 9.47 Å². The Kier molecular flexibility index (Phi) is 7.15. The fourth-order valence-electron chi connectivity index (χ4n) is 8.17. The fourth-order valence-corrected chi connectivity index (χ4v) is 13.3. The molecule has 8 aromatic carbocycles. The van der Waals surface area contributed by atoms with Crippen LogP contribution in [0.15, 0.2) is 200 Å². The van der Waals surface area contributed by atoms with Gasteiger partial charge in [-0.05, 0) is 91.5 Å². The molecule has 0 aromatic heterocycles. The van der Waals surface area contributed by atoms with Crippen LogP contribution < -0.4 is 35.1 Å². The van der Waals surface area contributed by atoms with Crippen molar-refractivity contribution in [3.05, 3.63) is 200 Å². The van der Waals surface area contributed by atoms with E-state index in [0.29, 0.717) is 0 Å². The number of rotatable bonds is 5. The van der Waals surface area contributed by atoms with Crippen LogP contribution in [0.4, 0.5) is 17.1 Å². The van der Waals surface area contributed by atoms with E-state index in [1.54, 1.807) is 0 Å². The van der Waals surface area contributed by atoms with Gasteiger partial charge in [0, 0.05) is 23.1 Å². The SMILES string of the molecule is c1ccc(-c2ccc(N(c3ccccc3)c3ccc4c(c3)Oc3ccccc3[Si]43c4ccccc4Oc4ccccc43)cc2-c2ccccc2)cc1. The molecule has 0 fully saturated rings. The maximum absolute atomic E-state index is 6.93. The molecule has 0 amide bonds. The van der Waals surface area contributed by atoms with E-state index in [1.807, 2.05) is 0 Å². The van der Waals surface area contributed by atoms with Gasteiger partial charge in [-0.2, -0.15) is 0 Å². The van der Waals surface area contributed by atoms with Crippen LogP contribution in [-0.4, -0.2) is 8.07 Å². The molecule has 2 aliphatic rings. The molecular formula is C48H33NO2Si. The van der Waals surface area contributed by atoms with Crippen molar-refractivity contribution in [1.82, 2.24) is 0 Å². The maximum Gasteiger partial charge on any atom is 0.196 e. The van der Waals surface area contributed by atoms with E-state index in [-0.39, 0.29) is 0 Å². The molecule has 0 atom stereocenters. The first-order valence-electron chi connectivity index (χ1n) is 17.7. The molecule has 0 N–H and O–H groups in total. The monoisotopic (exact) mass is 683 g/mol. The average Bonchev–Trinajstić information content (AvgIpc) is 3.22. The zero-order valence-corrected chi connectivity index (χ0v) is 29.3. The first-order chi connectivity index (χ1) is 25.8. The number of fused-ring (bicyclic) bond motifs is 8. The van der Waals surface area contributed by atoms with Crippen molar-refractivity contribution in [2.75, 3.05) is 4.90 Å². The predicted molar refractivity (Wildman–Crippen MR) is 216 cm³/mol. The molecule has 0 bridgehead atoms. The van der Waals surface area contributed by atoms with E-state index in [0.717, 1.165) is 40.1 Å². The van der Waals surface area contributed by atoms with Gasteiger partial charge in [-0.1, -0.05) is 146 Å². The van der Waals surface area contributed by atoms with Crippen molar-refractivity contribution in [1.29, 1.82) is 0 Å². The van der Waals surface area contributed by atoms with E-state index in [1.165, 1.54) is 43.0 Å². The van der Waals surface area contributed by atoms with Gasteiger partial charge in [0.2, 0.25) is 0 Å². The number of nitrogens with zero attached hydrogens (tertiary/aromatic N) is 1. The summed E-state index contributed by atoms with van der Waals surface area (Å²) in [6.45, 7) is 0. The van der Waals surface area contributed by atoms with Gasteiger partial charge in [-0.15, -0.1) is 0 Å². The fraction of sp³-hybridized carbons (Fsp3) is 0. The lowest BCUT2D eigenvalue weighted by molar-refractivity contribution is 0.482. The molecule has 0 aliphatic carbocycles. The summed E-state index contributed by atoms with van der Waals surface area (Å²) in [6.07, 6.45) is 0. The van der Waals surface area contributed by atoms with Crippen LogP contribution in [0, 0.1) is 0 Å². The number of hydrogen-bond acceptors (Lipinski definition) is 3. The quantitative estimate of drug-likeness (QED) is 0.169. The summed E-state index contributed by atoms with van der Waals surface area (Å²) in [5.41, 5.74) is 7.88. The van der Waals surface area contributed by atoms with E-state index < -0.39 is 8.07 Å². The summed E-state index contributed by atoms with van der Waals surface area (Å²) in [7, 11) is -2.84. The van der Waals surface area contributed by atoms with Crippen LogP contribution in [0.25, 0.3) is 22.3 Å². The summed E-state index contributed by atoms with van der Waals surface area (Å²) in [6, 6.07) is 71.3. The van der Waals surface area contributed by atoms with Gasteiger partial charge < -0.3 is 14.4 Å². The van der Waals surface area contributed by atoms with Crippen molar-refractivity contribution in [2.24, 2.45) is 0 Å². The van der Waals surface area contributed by atoms with Gasteiger partial charge in [0.05, 0.1) is 0 Å². The molecule has 8 aromatic rings. The molecule has 0 unspecified atom stereocenters. The lowest BCUT2D eigenvalue weighted by Crippen LogP contribution is -2.77. The Morgan fingerprint density at radius 2 is 0.731 bits per heavy atom. The zero-order chi connectivity index (χ0) is 34.5. The van der Waals surface area contributed by atoms with Gasteiger partial charge >= 0.3 is 0 Å². The number of hydrogen-bond donors (Lipinski definition) is 0. The Morgan fingerprint density at radius 1 is 0.308 bits per heavy atom. The maximum atomic E-state index is 6.93. The Balaban J connectivity index is 1.20. The van der Waals surface area contributed by atoms with Crippen LogP contribution in [0.2, 0.25) is 0 Å². The molecule has 4 heteroatoms. The average molecular weight is 684 g/mol. The van der Waals surface area contributed by atoms with Crippen molar-refractivity contribution in [3.8, 4) is 45.3 Å². The Labute approximate surface area is 304 Å². The van der Waals surface area contributed by atoms with Crippen molar-refractivity contribution < 1.29 is 9.47 Å². The topological polar surface area (TPSA) is 21.7 Å². The minimum absolute atomic E-state index is 0.875. The molecule has 0 radical (unpaired) electrons. The molecule has 2 heterocycles. The van der Waals surface area contributed by atoms with Gasteiger partial charge in [0.25, 0.3) is 0 Å². The molecule has 1 spiro atoms. The second-order valence-corrected chi connectivity index (χ2v) is 16.9. The lowest BCUT2D eigenvalue weighted by atomic mass is 9.93. The van der Waals surface area contributed by atoms with E-state index >= 15 is 0 Å². The second kappa shape index (κ2) is 12.3. The van der Waals surface area contributed by atoms with Crippen LogP contribution in [0.3, 0.4) is 0 Å². The molecule has 52 heavy (non-hydrogen) atoms. The molecule has 2 aliphatic heterocycles. The summed E-state index contributed by atoms with van der Waals surface area (Å²) in [4.78, 5) is 2.34. The van der Waals surface area contributed by atoms with Crippen LogP contribution in [0.1, 0.15) is 0 Å². The Bertz CT molecular complexity index is 2520. The van der Waals surface area contributed by atoms with Gasteiger partial charge in [-0.25, -0.2) is 0 Å². The zero-order valence-electron chi connectivity index (χ0n) is 28.3. The first-order valence-corrected chi connectivity index (χ1v) is 19.7. The summed E-state index contributed by atoms with van der Waals surface area (Å²) in [5, 5.41) is 4.93. The summed E-state index contributed by atoms with van der Waals surface area (Å²) in [5.74, 6) is 3.60. The van der Waals surface area contributed by atoms with Crippen LogP contribution in [-0.2, 0) is 0 Å². The number of para-hydroxylation sites is 4. The highest BCUT2D eigenvalue weighted by Gasteiger charge is 2.52. The number of benzene rings is 8. The summed E-state index contributed by atoms with van der Waals surface area (Å²) < 4.78 is 13.5. The molecular weight excluding hydrogens is 651 g/mol. The first kappa shape index (κ1) is 30.2. The third-order valence-electron chi connectivity index (χ3n) is 10.4. The van der Waals surface area contributed by atoms with Crippen molar-refractivity contribution in [3.63, 3.8) is 0 Å². The Hall–Kier alpha value is -6.62. The lowest BCUT2D eigenvalue weighted by Gasteiger charge is -2.43. The number of anilines is 3. The largest absolute Gasteiger partial charge is 0.458 e. The van der Waals surface area contributed by atoms with Crippen LogP contribution >= 0.6 is 0 Å². The van der Waals surface area contributed by atoms with Crippen molar-refractivity contribution >= 4 is 45.9 Å². The number of ether oxygens (including phenoxy) is 2. The molecule has 0 saturated carbocycles. The van der Waals surface area contributed by atoms with Crippen molar-refractivity contribution in [2.45, 2.75) is 0 Å². The minimum atomic E-state index is -2.84. The highest BCUT2D eigenvalue weighted by molar-refractivity contribution is 7.21. The Morgan fingerprint density at radius 3 is 1.31 bits per heavy atom. The highest BCUT2D eigenvalue weighted by atomic mass is 28.3. The molecule has 246 valence electrons. The normalized spacial score (nSPS) is 13.1. The third-order valence-corrected chi connectivity index (χ3v) is 15.3. The molecule has 10 rings (SSSR count). The van der Waals surface area contributed by atoms with Gasteiger partial charge in [-0.3, -0.25) is 0 Å². The summed E-state index contributed by atoms with van der Waals surface area (Å²) >= 11 is 0. The van der Waals surface area contributed by atoms with Crippen LogP contribution in [0.5, 0.6) is 23.0 Å². The smallest absolute Gasteiger partial charge is 0.196 e. The minimum Gasteiger partial charge on any atom is -0.458 e. The predicted octanol–water partition coefficient (Wildman–Crippen LogP) is 10.1. The molecule has 0 saturated heterocycles. The van der Waals surface area contributed by atoms with E-state index in [9.17, 15) is 0 Å². The van der Waals surface area contributed by atoms with Gasteiger partial charge in [0.15, 0.2) is 8.07 Å². The standard InChI is InChI=1S/C48H33NO2Si/c1-4-16-34(17-5-1)39-30-28-37(32-40(39)35-18-6-2-7-19-35)49(36-20-8-3-9-21-36)38-29-31-48-44(33-38)51-43-24-12-15-27-47(43)52(48)45-25-13-10-22-41(45)50-42-23-11-14-26-46(42)52/h1-33H. The van der Waals surface area contributed by atoms with Gasteiger partial charge in [0.1, 0.15) is 23.0 Å².